The first-order valence-corrected chi connectivity index (χ1v) is 9.71. The second kappa shape index (κ2) is 8.74. The monoisotopic (exact) mass is 392 g/mol. The van der Waals surface area contributed by atoms with Crippen molar-refractivity contribution in [1.29, 1.82) is 5.26 Å². The molecule has 1 saturated carbocycles. The molecule has 1 aromatic heterocycles. The molecule has 2 aromatic rings. The van der Waals surface area contributed by atoms with E-state index in [0.29, 0.717) is 22.5 Å². The molecule has 0 spiro atoms. The highest BCUT2D eigenvalue weighted by atomic mass is 16.2. The zero-order valence-corrected chi connectivity index (χ0v) is 16.6. The molecule has 1 aromatic carbocycles. The number of carbonyl (C=O) groups excluding carboxylic acids is 2. The van der Waals surface area contributed by atoms with Crippen molar-refractivity contribution in [2.45, 2.75) is 52.1 Å². The zero-order valence-electron chi connectivity index (χ0n) is 16.6. The summed E-state index contributed by atoms with van der Waals surface area (Å²) in [5, 5.41) is 14.9. The average molecular weight is 392 g/mol. The molecule has 2 N–H and O–H groups in total. The summed E-state index contributed by atoms with van der Waals surface area (Å²) in [6.45, 7) is 3.20. The summed E-state index contributed by atoms with van der Waals surface area (Å²) in [5.41, 5.74) is 1.70. The van der Waals surface area contributed by atoms with Crippen LogP contribution in [0.25, 0.3) is 0 Å². The second-order valence-electron chi connectivity index (χ2n) is 7.43. The van der Waals surface area contributed by atoms with Crippen molar-refractivity contribution >= 4 is 17.5 Å². The van der Waals surface area contributed by atoms with E-state index in [9.17, 15) is 14.4 Å². The number of rotatable bonds is 5. The largest absolute Gasteiger partial charge is 0.349 e. The van der Waals surface area contributed by atoms with Crippen LogP contribution in [0.2, 0.25) is 0 Å². The highest BCUT2D eigenvalue weighted by molar-refractivity contribution is 5.97. The van der Waals surface area contributed by atoms with Gasteiger partial charge in [0.05, 0.1) is 0 Å². The van der Waals surface area contributed by atoms with Gasteiger partial charge in [-0.1, -0.05) is 18.9 Å². The molecule has 0 bridgehead atoms. The first kappa shape index (κ1) is 20.3. The number of nitrogens with zero attached hydrogens (tertiary/aromatic N) is 2. The van der Waals surface area contributed by atoms with E-state index in [1.54, 1.807) is 44.2 Å². The van der Waals surface area contributed by atoms with Gasteiger partial charge in [-0.2, -0.15) is 5.26 Å². The lowest BCUT2D eigenvalue weighted by Crippen LogP contribution is -2.32. The first-order chi connectivity index (χ1) is 13.9. The normalized spacial score (nSPS) is 13.7. The molecule has 0 radical (unpaired) electrons. The third kappa shape index (κ3) is 4.72. The smallest absolute Gasteiger partial charge is 0.269 e. The highest BCUT2D eigenvalue weighted by Crippen LogP contribution is 2.19. The number of pyridine rings is 1. The van der Waals surface area contributed by atoms with Crippen LogP contribution in [-0.2, 0) is 11.3 Å². The summed E-state index contributed by atoms with van der Waals surface area (Å²) < 4.78 is 1.28. The molecule has 1 aliphatic rings. The van der Waals surface area contributed by atoms with Crippen molar-refractivity contribution in [3.05, 3.63) is 63.1 Å². The van der Waals surface area contributed by atoms with E-state index in [0.717, 1.165) is 25.7 Å². The molecule has 0 saturated heterocycles. The third-order valence-electron chi connectivity index (χ3n) is 5.22. The Morgan fingerprint density at radius 1 is 1.21 bits per heavy atom. The van der Waals surface area contributed by atoms with Gasteiger partial charge < -0.3 is 15.2 Å². The van der Waals surface area contributed by atoms with Gasteiger partial charge in [0, 0.05) is 23.0 Å². The van der Waals surface area contributed by atoms with Crippen LogP contribution in [-0.4, -0.2) is 22.4 Å². The Bertz CT molecular complexity index is 1040. The number of amides is 2. The van der Waals surface area contributed by atoms with Crippen LogP contribution in [0.3, 0.4) is 0 Å². The maximum atomic E-state index is 12.5. The average Bonchev–Trinajstić information content (AvgIpc) is 3.18. The quantitative estimate of drug-likeness (QED) is 0.816. The molecule has 1 aliphatic carbocycles. The van der Waals surface area contributed by atoms with Crippen LogP contribution in [0.5, 0.6) is 0 Å². The van der Waals surface area contributed by atoms with E-state index in [1.165, 1.54) is 4.57 Å². The Morgan fingerprint density at radius 3 is 2.62 bits per heavy atom. The Balaban J connectivity index is 1.71. The van der Waals surface area contributed by atoms with E-state index in [4.69, 9.17) is 5.26 Å². The lowest BCUT2D eigenvalue weighted by atomic mass is 10.1. The molecule has 29 heavy (non-hydrogen) atoms. The molecule has 7 heteroatoms. The van der Waals surface area contributed by atoms with Crippen molar-refractivity contribution in [2.24, 2.45) is 0 Å². The molecular formula is C22H24N4O3. The minimum atomic E-state index is -0.482. The standard InChI is InChI=1S/C22H24N4O3/c1-14-10-15(2)26(22(29)19(14)12-23)13-20(27)24-18-9-5-6-16(11-18)21(28)25-17-7-3-4-8-17/h5-6,9-11,17H,3-4,7-8,13H2,1-2H3,(H,24,27)(H,25,28). The predicted molar refractivity (Wildman–Crippen MR) is 110 cm³/mol. The number of hydrogen-bond acceptors (Lipinski definition) is 4. The molecule has 1 heterocycles. The minimum Gasteiger partial charge on any atom is -0.349 e. The lowest BCUT2D eigenvalue weighted by molar-refractivity contribution is -0.116. The number of benzene rings is 1. The number of anilines is 1. The van der Waals surface area contributed by atoms with Crippen LogP contribution in [0.1, 0.15) is 52.9 Å². The summed E-state index contributed by atoms with van der Waals surface area (Å²) >= 11 is 0. The van der Waals surface area contributed by atoms with Crippen molar-refractivity contribution in [2.75, 3.05) is 5.32 Å². The SMILES string of the molecule is Cc1cc(C)n(CC(=O)Nc2cccc(C(=O)NC3CCCC3)c2)c(=O)c1C#N. The Morgan fingerprint density at radius 2 is 1.93 bits per heavy atom. The third-order valence-corrected chi connectivity index (χ3v) is 5.22. The topological polar surface area (TPSA) is 104 Å². The van der Waals surface area contributed by atoms with E-state index >= 15 is 0 Å². The van der Waals surface area contributed by atoms with Gasteiger partial charge in [0.1, 0.15) is 18.2 Å². The van der Waals surface area contributed by atoms with Gasteiger partial charge in [0.2, 0.25) is 5.91 Å². The van der Waals surface area contributed by atoms with Crippen LogP contribution < -0.4 is 16.2 Å². The predicted octanol–water partition coefficient (Wildman–Crippen LogP) is 2.65. The summed E-state index contributed by atoms with van der Waals surface area (Å²) in [6.07, 6.45) is 4.26. The fourth-order valence-corrected chi connectivity index (χ4v) is 3.68. The Labute approximate surface area is 169 Å². The lowest BCUT2D eigenvalue weighted by Gasteiger charge is -2.14. The number of nitrogens with one attached hydrogen (secondary N) is 2. The second-order valence-corrected chi connectivity index (χ2v) is 7.43. The van der Waals surface area contributed by atoms with Crippen LogP contribution in [0.4, 0.5) is 5.69 Å². The maximum absolute atomic E-state index is 12.5. The van der Waals surface area contributed by atoms with Gasteiger partial charge in [-0.25, -0.2) is 0 Å². The van der Waals surface area contributed by atoms with E-state index in [1.807, 2.05) is 6.07 Å². The number of nitriles is 1. The van der Waals surface area contributed by atoms with Gasteiger partial charge >= 0.3 is 0 Å². The minimum absolute atomic E-state index is 0.0361. The van der Waals surface area contributed by atoms with Gasteiger partial charge in [0.25, 0.3) is 11.5 Å². The Kier molecular flexibility index (Phi) is 6.13. The van der Waals surface area contributed by atoms with Gasteiger partial charge in [-0.15, -0.1) is 0 Å². The zero-order chi connectivity index (χ0) is 21.0. The molecule has 150 valence electrons. The molecule has 1 fully saturated rings. The molecular weight excluding hydrogens is 368 g/mol. The highest BCUT2D eigenvalue weighted by Gasteiger charge is 2.18. The van der Waals surface area contributed by atoms with E-state index < -0.39 is 11.5 Å². The van der Waals surface area contributed by atoms with E-state index in [-0.39, 0.29) is 24.1 Å². The number of aryl methyl sites for hydroxylation is 2. The van der Waals surface area contributed by atoms with Crippen LogP contribution >= 0.6 is 0 Å². The van der Waals surface area contributed by atoms with Crippen molar-refractivity contribution < 1.29 is 9.59 Å². The molecule has 7 nitrogen and oxygen atoms in total. The molecule has 0 unspecified atom stereocenters. The van der Waals surface area contributed by atoms with Gasteiger partial charge in [-0.05, 0) is 56.5 Å². The van der Waals surface area contributed by atoms with E-state index in [2.05, 4.69) is 10.6 Å². The van der Waals surface area contributed by atoms with Gasteiger partial charge in [0.15, 0.2) is 0 Å². The summed E-state index contributed by atoms with van der Waals surface area (Å²) in [7, 11) is 0. The number of hydrogen-bond donors (Lipinski definition) is 2. The summed E-state index contributed by atoms with van der Waals surface area (Å²) in [4.78, 5) is 37.3. The molecule has 0 atom stereocenters. The summed E-state index contributed by atoms with van der Waals surface area (Å²) in [5.74, 6) is -0.562. The first-order valence-electron chi connectivity index (χ1n) is 9.71. The van der Waals surface area contributed by atoms with Crippen LogP contribution in [0.15, 0.2) is 35.1 Å². The van der Waals surface area contributed by atoms with Crippen molar-refractivity contribution in [1.82, 2.24) is 9.88 Å². The maximum Gasteiger partial charge on any atom is 0.269 e. The fraction of sp³-hybridized carbons (Fsp3) is 0.364. The van der Waals surface area contributed by atoms with Crippen LogP contribution in [0, 0.1) is 25.2 Å². The van der Waals surface area contributed by atoms with Crippen molar-refractivity contribution in [3.63, 3.8) is 0 Å². The van der Waals surface area contributed by atoms with Crippen molar-refractivity contribution in [3.8, 4) is 6.07 Å². The fourth-order valence-electron chi connectivity index (χ4n) is 3.68. The molecule has 0 aliphatic heterocycles. The Hall–Kier alpha value is -3.40. The molecule has 3 rings (SSSR count). The number of carbonyl (C=O) groups is 2. The molecule has 2 amide bonds. The summed E-state index contributed by atoms with van der Waals surface area (Å²) in [6, 6.07) is 10.5. The van der Waals surface area contributed by atoms with Gasteiger partial charge in [-0.3, -0.25) is 14.4 Å². The number of aromatic nitrogens is 1.